The number of hydrogen-bond donors (Lipinski definition) is 1. The largest absolute Gasteiger partial charge is 0.494 e. The molecule has 0 radical (unpaired) electrons. The number of methoxy groups -OCH3 is 3. The zero-order valence-corrected chi connectivity index (χ0v) is 22.1. The lowest BCUT2D eigenvalue weighted by Crippen LogP contribution is -2.33. The standard InChI is InChI=1S/C24H28N6O6S/c1-14-12-25-22(26-13-14)21(35-6)16(3)37(31,32)29-24-28-27-23(19-11-10-15(2)36-19)30(24)20-17(33-4)8-7-9-18(20)34-5/h7-13,16,21H,1-6H3,(H,28,29)/t16-,21+/m1/s1. The molecule has 0 fully saturated rings. The summed E-state index contributed by atoms with van der Waals surface area (Å²) in [6, 6.07) is 8.66. The Labute approximate surface area is 214 Å². The van der Waals surface area contributed by atoms with Crippen molar-refractivity contribution >= 4 is 16.0 Å². The summed E-state index contributed by atoms with van der Waals surface area (Å²) in [5.41, 5.74) is 1.23. The molecule has 0 bridgehead atoms. The van der Waals surface area contributed by atoms with Crippen LogP contribution in [0.3, 0.4) is 0 Å². The highest BCUT2D eigenvalue weighted by molar-refractivity contribution is 7.93. The number of furan rings is 1. The molecule has 0 aliphatic carbocycles. The number of nitrogens with zero attached hydrogens (tertiary/aromatic N) is 5. The van der Waals surface area contributed by atoms with E-state index in [4.69, 9.17) is 18.6 Å². The zero-order chi connectivity index (χ0) is 26.7. The first-order valence-corrected chi connectivity index (χ1v) is 12.8. The minimum atomic E-state index is -4.11. The van der Waals surface area contributed by atoms with Crippen molar-refractivity contribution in [2.24, 2.45) is 0 Å². The molecular weight excluding hydrogens is 500 g/mol. The van der Waals surface area contributed by atoms with Crippen molar-refractivity contribution in [1.82, 2.24) is 24.7 Å². The topological polar surface area (TPSA) is 143 Å². The fraction of sp³-hybridized carbons (Fsp3) is 0.333. The van der Waals surface area contributed by atoms with E-state index >= 15 is 0 Å². The maximum Gasteiger partial charge on any atom is 0.243 e. The fourth-order valence-electron chi connectivity index (χ4n) is 3.77. The van der Waals surface area contributed by atoms with Crippen molar-refractivity contribution in [2.45, 2.75) is 32.1 Å². The van der Waals surface area contributed by atoms with Gasteiger partial charge >= 0.3 is 0 Å². The van der Waals surface area contributed by atoms with E-state index in [0.29, 0.717) is 28.7 Å². The summed E-state index contributed by atoms with van der Waals surface area (Å²) in [6.45, 7) is 5.13. The third-order valence-electron chi connectivity index (χ3n) is 5.71. The molecule has 0 aliphatic heterocycles. The average molecular weight is 529 g/mol. The summed E-state index contributed by atoms with van der Waals surface area (Å²) < 4.78 is 53.6. The van der Waals surface area contributed by atoms with Gasteiger partial charge in [-0.15, -0.1) is 10.2 Å². The molecule has 12 nitrogen and oxygen atoms in total. The van der Waals surface area contributed by atoms with Gasteiger partial charge in [-0.25, -0.2) is 18.4 Å². The summed E-state index contributed by atoms with van der Waals surface area (Å²) in [5, 5.41) is 7.28. The molecule has 0 aliphatic rings. The van der Waals surface area contributed by atoms with Crippen LogP contribution in [0.2, 0.25) is 0 Å². The van der Waals surface area contributed by atoms with E-state index in [0.717, 1.165) is 5.56 Å². The number of rotatable bonds is 10. The Kier molecular flexibility index (Phi) is 7.45. The van der Waals surface area contributed by atoms with Gasteiger partial charge in [0.1, 0.15) is 34.3 Å². The fourth-order valence-corrected chi connectivity index (χ4v) is 4.90. The third-order valence-corrected chi connectivity index (χ3v) is 7.40. The second kappa shape index (κ2) is 10.6. The molecule has 1 N–H and O–H groups in total. The number of nitrogens with one attached hydrogen (secondary N) is 1. The van der Waals surface area contributed by atoms with Crippen molar-refractivity contribution in [1.29, 1.82) is 0 Å². The van der Waals surface area contributed by atoms with Crippen LogP contribution in [0, 0.1) is 13.8 Å². The highest BCUT2D eigenvalue weighted by Gasteiger charge is 2.35. The van der Waals surface area contributed by atoms with E-state index in [2.05, 4.69) is 24.9 Å². The summed E-state index contributed by atoms with van der Waals surface area (Å²) >= 11 is 0. The van der Waals surface area contributed by atoms with E-state index in [1.54, 1.807) is 49.6 Å². The van der Waals surface area contributed by atoms with Gasteiger partial charge in [-0.1, -0.05) is 6.07 Å². The van der Waals surface area contributed by atoms with Crippen LogP contribution in [0.15, 0.2) is 47.1 Å². The molecule has 37 heavy (non-hydrogen) atoms. The lowest BCUT2D eigenvalue weighted by atomic mass is 10.2. The molecular formula is C24H28N6O6S. The molecule has 2 atom stereocenters. The number of ether oxygens (including phenoxy) is 3. The molecule has 3 heterocycles. The number of aryl methyl sites for hydroxylation is 2. The van der Waals surface area contributed by atoms with Gasteiger partial charge in [0.05, 0.1) is 14.2 Å². The van der Waals surface area contributed by atoms with Crippen molar-refractivity contribution in [3.63, 3.8) is 0 Å². The molecule has 0 unspecified atom stereocenters. The molecule has 13 heteroatoms. The quantitative estimate of drug-likeness (QED) is 0.325. The Morgan fingerprint density at radius 2 is 1.62 bits per heavy atom. The van der Waals surface area contributed by atoms with Gasteiger partial charge in [0.2, 0.25) is 21.8 Å². The number of para-hydroxylation sites is 1. The summed E-state index contributed by atoms with van der Waals surface area (Å²) in [4.78, 5) is 8.48. The average Bonchev–Trinajstić information content (AvgIpc) is 3.50. The summed E-state index contributed by atoms with van der Waals surface area (Å²) in [6.07, 6.45) is 2.26. The van der Waals surface area contributed by atoms with Crippen LogP contribution in [0.5, 0.6) is 11.5 Å². The first-order chi connectivity index (χ1) is 17.7. The van der Waals surface area contributed by atoms with Crippen molar-refractivity contribution < 1.29 is 27.0 Å². The van der Waals surface area contributed by atoms with Gasteiger partial charge in [-0.05, 0) is 50.6 Å². The van der Waals surface area contributed by atoms with Crippen LogP contribution in [0.1, 0.15) is 30.2 Å². The molecule has 0 saturated heterocycles. The molecule has 0 amide bonds. The van der Waals surface area contributed by atoms with Crippen LogP contribution in [0.4, 0.5) is 5.95 Å². The minimum Gasteiger partial charge on any atom is -0.494 e. The van der Waals surface area contributed by atoms with E-state index in [-0.39, 0.29) is 17.6 Å². The summed E-state index contributed by atoms with van der Waals surface area (Å²) in [7, 11) is 0.288. The molecule has 4 aromatic rings. The lowest BCUT2D eigenvalue weighted by Gasteiger charge is -2.22. The lowest BCUT2D eigenvalue weighted by molar-refractivity contribution is 0.0949. The number of benzene rings is 1. The van der Waals surface area contributed by atoms with Crippen LogP contribution < -0.4 is 14.2 Å². The van der Waals surface area contributed by atoms with Crippen LogP contribution >= 0.6 is 0 Å². The second-order valence-corrected chi connectivity index (χ2v) is 10.3. The van der Waals surface area contributed by atoms with E-state index in [1.165, 1.54) is 32.8 Å². The molecule has 196 valence electrons. The first kappa shape index (κ1) is 26.1. The Morgan fingerprint density at radius 1 is 0.973 bits per heavy atom. The first-order valence-electron chi connectivity index (χ1n) is 11.3. The van der Waals surface area contributed by atoms with Crippen molar-refractivity contribution in [3.05, 3.63) is 59.9 Å². The Morgan fingerprint density at radius 3 is 2.16 bits per heavy atom. The molecule has 4 rings (SSSR count). The van der Waals surface area contributed by atoms with Gasteiger partial charge in [0.25, 0.3) is 0 Å². The van der Waals surface area contributed by atoms with Crippen LogP contribution in [-0.4, -0.2) is 59.7 Å². The summed E-state index contributed by atoms with van der Waals surface area (Å²) in [5.74, 6) is 2.21. The number of sulfonamides is 1. The molecule has 3 aromatic heterocycles. The zero-order valence-electron chi connectivity index (χ0n) is 21.3. The Hall–Kier alpha value is -3.97. The van der Waals surface area contributed by atoms with E-state index < -0.39 is 21.4 Å². The molecule has 1 aromatic carbocycles. The number of aromatic nitrogens is 5. The Bertz CT molecular complexity index is 1460. The van der Waals surface area contributed by atoms with Gasteiger partial charge in [0, 0.05) is 19.5 Å². The molecule has 0 spiro atoms. The number of anilines is 1. The monoisotopic (exact) mass is 528 g/mol. The highest BCUT2D eigenvalue weighted by atomic mass is 32.2. The minimum absolute atomic E-state index is 0.0987. The van der Waals surface area contributed by atoms with Gasteiger partial charge in [-0.3, -0.25) is 9.29 Å². The SMILES string of the molecule is COc1cccc(OC)c1-n1c(NS(=O)(=O)[C@H](C)[C@H](OC)c2ncc(C)cn2)nnc1-c1ccc(C)o1. The second-order valence-electron chi connectivity index (χ2n) is 8.23. The van der Waals surface area contributed by atoms with E-state index in [1.807, 2.05) is 6.92 Å². The van der Waals surface area contributed by atoms with Crippen LogP contribution in [0.25, 0.3) is 17.3 Å². The van der Waals surface area contributed by atoms with Gasteiger partial charge < -0.3 is 18.6 Å². The van der Waals surface area contributed by atoms with Crippen molar-refractivity contribution in [3.8, 4) is 28.8 Å². The maximum atomic E-state index is 13.6. The van der Waals surface area contributed by atoms with Gasteiger partial charge in [0.15, 0.2) is 11.6 Å². The van der Waals surface area contributed by atoms with Crippen LogP contribution in [-0.2, 0) is 14.8 Å². The predicted molar refractivity (Wildman–Crippen MR) is 135 cm³/mol. The highest BCUT2D eigenvalue weighted by Crippen LogP contribution is 2.38. The van der Waals surface area contributed by atoms with Gasteiger partial charge in [-0.2, -0.15) is 0 Å². The predicted octanol–water partition coefficient (Wildman–Crippen LogP) is 3.47. The normalized spacial score (nSPS) is 13.2. The van der Waals surface area contributed by atoms with E-state index in [9.17, 15) is 8.42 Å². The van der Waals surface area contributed by atoms with Crippen molar-refractivity contribution in [2.75, 3.05) is 26.1 Å². The maximum absolute atomic E-state index is 13.6. The number of hydrogen-bond acceptors (Lipinski definition) is 10. The smallest absolute Gasteiger partial charge is 0.243 e. The third kappa shape index (κ3) is 5.13. The molecule has 0 saturated carbocycles. The Balaban J connectivity index is 1.82.